The van der Waals surface area contributed by atoms with Crippen molar-refractivity contribution in [3.05, 3.63) is 12.4 Å². The first-order valence-corrected chi connectivity index (χ1v) is 5.70. The van der Waals surface area contributed by atoms with Gasteiger partial charge in [-0.25, -0.2) is 9.97 Å². The van der Waals surface area contributed by atoms with E-state index in [1.807, 2.05) is 20.8 Å². The maximum atomic E-state index is 11.2. The highest BCUT2D eigenvalue weighted by Crippen LogP contribution is 2.16. The van der Waals surface area contributed by atoms with Crippen LogP contribution in [0.5, 0.6) is 0 Å². The van der Waals surface area contributed by atoms with Gasteiger partial charge in [0.25, 0.3) is 0 Å². The lowest BCUT2D eigenvalue weighted by atomic mass is 10.1. The second-order valence-electron chi connectivity index (χ2n) is 5.07. The van der Waals surface area contributed by atoms with Crippen molar-refractivity contribution in [2.45, 2.75) is 26.3 Å². The summed E-state index contributed by atoms with van der Waals surface area (Å²) in [6, 6.07) is 1.80. The molecule has 0 unspecified atom stereocenters. The van der Waals surface area contributed by atoms with Crippen LogP contribution in [-0.2, 0) is 9.53 Å². The molecule has 100 valence electrons. The monoisotopic (exact) mass is 252 g/mol. The van der Waals surface area contributed by atoms with Crippen LogP contribution in [0.2, 0.25) is 0 Å². The summed E-state index contributed by atoms with van der Waals surface area (Å²) in [5, 5.41) is 3.25. The molecule has 1 aromatic rings. The second kappa shape index (κ2) is 5.66. The van der Waals surface area contributed by atoms with E-state index in [0.717, 1.165) is 5.82 Å². The van der Waals surface area contributed by atoms with Crippen molar-refractivity contribution >= 4 is 17.6 Å². The Labute approximate surface area is 107 Å². The number of aromatic nitrogens is 2. The fourth-order valence-corrected chi connectivity index (χ4v) is 1.35. The van der Waals surface area contributed by atoms with Gasteiger partial charge in [-0.15, -0.1) is 0 Å². The van der Waals surface area contributed by atoms with Crippen molar-refractivity contribution in [2.24, 2.45) is 0 Å². The molecule has 6 heteroatoms. The maximum absolute atomic E-state index is 11.2. The Hall–Kier alpha value is -1.85. The van der Waals surface area contributed by atoms with Gasteiger partial charge in [0.05, 0.1) is 7.11 Å². The number of methoxy groups -OCH3 is 1. The van der Waals surface area contributed by atoms with E-state index in [9.17, 15) is 4.79 Å². The molecule has 0 saturated heterocycles. The molecule has 6 nitrogen and oxygen atoms in total. The van der Waals surface area contributed by atoms with Gasteiger partial charge >= 0.3 is 5.97 Å². The molecule has 0 aliphatic carbocycles. The fraction of sp³-hybridized carbons (Fsp3) is 0.583. The van der Waals surface area contributed by atoms with Crippen LogP contribution in [0.3, 0.4) is 0 Å². The highest BCUT2D eigenvalue weighted by atomic mass is 16.5. The standard InChI is InChI=1S/C12H20N4O2/c1-12(2,3)15-9-6-10(14-8-13-9)16(4)7-11(17)18-5/h6,8H,7H2,1-5H3,(H,13,14,15). The largest absolute Gasteiger partial charge is 0.468 e. The minimum atomic E-state index is -0.304. The van der Waals surface area contributed by atoms with Gasteiger partial charge < -0.3 is 15.0 Å². The number of likely N-dealkylation sites (N-methyl/N-ethyl adjacent to an activating group) is 1. The van der Waals surface area contributed by atoms with Gasteiger partial charge in [-0.3, -0.25) is 4.79 Å². The Morgan fingerprint density at radius 1 is 1.44 bits per heavy atom. The summed E-state index contributed by atoms with van der Waals surface area (Å²) < 4.78 is 4.61. The van der Waals surface area contributed by atoms with Crippen molar-refractivity contribution in [2.75, 3.05) is 30.9 Å². The average molecular weight is 252 g/mol. The maximum Gasteiger partial charge on any atom is 0.325 e. The van der Waals surface area contributed by atoms with E-state index in [4.69, 9.17) is 0 Å². The molecule has 0 radical (unpaired) electrons. The third-order valence-electron chi connectivity index (χ3n) is 2.14. The predicted octanol–water partition coefficient (Wildman–Crippen LogP) is 1.30. The van der Waals surface area contributed by atoms with Crippen molar-refractivity contribution in [1.82, 2.24) is 9.97 Å². The lowest BCUT2D eigenvalue weighted by Gasteiger charge is -2.22. The molecular formula is C12H20N4O2. The Kier molecular flexibility index (Phi) is 4.47. The van der Waals surface area contributed by atoms with Crippen LogP contribution in [0.15, 0.2) is 12.4 Å². The molecule has 0 aromatic carbocycles. The van der Waals surface area contributed by atoms with E-state index < -0.39 is 0 Å². The van der Waals surface area contributed by atoms with Crippen molar-refractivity contribution in [1.29, 1.82) is 0 Å². The molecule has 18 heavy (non-hydrogen) atoms. The van der Waals surface area contributed by atoms with Crippen LogP contribution in [0.4, 0.5) is 11.6 Å². The van der Waals surface area contributed by atoms with E-state index >= 15 is 0 Å². The minimum absolute atomic E-state index is 0.0768. The molecule has 0 amide bonds. The summed E-state index contributed by atoms with van der Waals surface area (Å²) in [5.41, 5.74) is -0.0768. The van der Waals surface area contributed by atoms with Gasteiger partial charge in [0.2, 0.25) is 0 Å². The predicted molar refractivity (Wildman–Crippen MR) is 70.7 cm³/mol. The number of hydrogen-bond acceptors (Lipinski definition) is 6. The van der Waals surface area contributed by atoms with Crippen molar-refractivity contribution in [3.8, 4) is 0 Å². The van der Waals surface area contributed by atoms with Crippen LogP contribution < -0.4 is 10.2 Å². The number of nitrogens with one attached hydrogen (secondary N) is 1. The molecule has 0 aliphatic heterocycles. The summed E-state index contributed by atoms with van der Waals surface area (Å²) in [6.07, 6.45) is 1.47. The van der Waals surface area contributed by atoms with Gasteiger partial charge in [-0.05, 0) is 20.8 Å². The Morgan fingerprint density at radius 2 is 2.11 bits per heavy atom. The van der Waals surface area contributed by atoms with Crippen LogP contribution >= 0.6 is 0 Å². The summed E-state index contributed by atoms with van der Waals surface area (Å²) in [7, 11) is 3.14. The van der Waals surface area contributed by atoms with Gasteiger partial charge in [0.15, 0.2) is 0 Å². The summed E-state index contributed by atoms with van der Waals surface area (Å²) in [6.45, 7) is 6.30. The number of hydrogen-bond donors (Lipinski definition) is 1. The Morgan fingerprint density at radius 3 is 2.67 bits per heavy atom. The first-order valence-electron chi connectivity index (χ1n) is 5.70. The van der Waals surface area contributed by atoms with Crippen LogP contribution in [0.25, 0.3) is 0 Å². The van der Waals surface area contributed by atoms with E-state index in [2.05, 4.69) is 20.0 Å². The van der Waals surface area contributed by atoms with Gasteiger partial charge in [-0.1, -0.05) is 0 Å². The first kappa shape index (κ1) is 14.2. The lowest BCUT2D eigenvalue weighted by molar-refractivity contribution is -0.138. The van der Waals surface area contributed by atoms with Gasteiger partial charge in [0, 0.05) is 18.7 Å². The van der Waals surface area contributed by atoms with Crippen LogP contribution in [0.1, 0.15) is 20.8 Å². The fourth-order valence-electron chi connectivity index (χ4n) is 1.35. The number of carbonyl (C=O) groups is 1. The van der Waals surface area contributed by atoms with Crippen LogP contribution in [0, 0.1) is 0 Å². The van der Waals surface area contributed by atoms with Gasteiger partial charge in [-0.2, -0.15) is 0 Å². The highest BCUT2D eigenvalue weighted by molar-refractivity contribution is 5.75. The van der Waals surface area contributed by atoms with E-state index in [1.165, 1.54) is 13.4 Å². The van der Waals surface area contributed by atoms with Crippen LogP contribution in [-0.4, -0.2) is 42.2 Å². The molecule has 1 N–H and O–H groups in total. The molecule has 0 bridgehead atoms. The first-order chi connectivity index (χ1) is 8.31. The Bertz CT molecular complexity index is 415. The molecule has 0 saturated carbocycles. The smallest absolute Gasteiger partial charge is 0.325 e. The molecule has 1 aromatic heterocycles. The molecule has 0 spiro atoms. The SMILES string of the molecule is COC(=O)CN(C)c1cc(NC(C)(C)C)ncn1. The molecule has 0 aliphatic rings. The number of rotatable bonds is 4. The van der Waals surface area contributed by atoms with E-state index in [-0.39, 0.29) is 18.1 Å². The molecular weight excluding hydrogens is 232 g/mol. The summed E-state index contributed by atoms with van der Waals surface area (Å²) in [5.74, 6) is 1.09. The second-order valence-corrected chi connectivity index (χ2v) is 5.07. The number of carbonyl (C=O) groups excluding carboxylic acids is 1. The highest BCUT2D eigenvalue weighted by Gasteiger charge is 2.13. The average Bonchev–Trinajstić information content (AvgIpc) is 2.26. The minimum Gasteiger partial charge on any atom is -0.468 e. The van der Waals surface area contributed by atoms with E-state index in [0.29, 0.717) is 5.82 Å². The molecule has 1 heterocycles. The number of esters is 1. The number of anilines is 2. The quantitative estimate of drug-likeness (QED) is 0.815. The topological polar surface area (TPSA) is 67.3 Å². The number of ether oxygens (including phenoxy) is 1. The van der Waals surface area contributed by atoms with Crippen molar-refractivity contribution < 1.29 is 9.53 Å². The third-order valence-corrected chi connectivity index (χ3v) is 2.14. The zero-order chi connectivity index (χ0) is 13.8. The van der Waals surface area contributed by atoms with Gasteiger partial charge in [0.1, 0.15) is 24.5 Å². The summed E-state index contributed by atoms with van der Waals surface area (Å²) in [4.78, 5) is 21.2. The van der Waals surface area contributed by atoms with E-state index in [1.54, 1.807) is 18.0 Å². The normalized spacial score (nSPS) is 10.9. The molecule has 0 atom stereocenters. The Balaban J connectivity index is 2.78. The van der Waals surface area contributed by atoms with Crippen molar-refractivity contribution in [3.63, 3.8) is 0 Å². The lowest BCUT2D eigenvalue weighted by Crippen LogP contribution is -2.29. The summed E-state index contributed by atoms with van der Waals surface area (Å²) >= 11 is 0. The third kappa shape index (κ3) is 4.57. The zero-order valence-corrected chi connectivity index (χ0v) is 11.5. The zero-order valence-electron chi connectivity index (χ0n) is 11.5. The number of nitrogens with zero attached hydrogens (tertiary/aromatic N) is 3. The molecule has 1 rings (SSSR count). The molecule has 0 fully saturated rings.